The summed E-state index contributed by atoms with van der Waals surface area (Å²) in [6, 6.07) is 9.82. The van der Waals surface area contributed by atoms with Crippen LogP contribution in [0.1, 0.15) is 18.1 Å². The highest BCUT2D eigenvalue weighted by Crippen LogP contribution is 2.06. The van der Waals surface area contributed by atoms with Crippen LogP contribution in [-0.4, -0.2) is 9.55 Å². The molecule has 1 aromatic heterocycles. The van der Waals surface area contributed by atoms with Gasteiger partial charge in [-0.1, -0.05) is 42.8 Å². The molecule has 0 saturated carbocycles. The van der Waals surface area contributed by atoms with E-state index in [1.54, 1.807) is 12.3 Å². The molecule has 0 aliphatic rings. The van der Waals surface area contributed by atoms with Crippen molar-refractivity contribution in [2.45, 2.75) is 19.9 Å². The summed E-state index contributed by atoms with van der Waals surface area (Å²) in [7, 11) is 0. The average Bonchev–Trinajstić information content (AvgIpc) is 2.34. The summed E-state index contributed by atoms with van der Waals surface area (Å²) in [6.45, 7) is 2.63. The second-order valence-electron chi connectivity index (χ2n) is 3.83. The first-order chi connectivity index (χ1) is 8.19. The first-order valence-corrected chi connectivity index (χ1v) is 5.87. The molecule has 1 aromatic carbocycles. The fourth-order valence-electron chi connectivity index (χ4n) is 1.61. The molecule has 0 radical (unpaired) electrons. The Hall–Kier alpha value is -1.61. The van der Waals surface area contributed by atoms with Crippen LogP contribution in [0, 0.1) is 0 Å². The van der Waals surface area contributed by atoms with Crippen molar-refractivity contribution in [2.75, 3.05) is 0 Å². The monoisotopic (exact) mass is 248 g/mol. The van der Waals surface area contributed by atoms with Crippen LogP contribution in [0.5, 0.6) is 0 Å². The predicted octanol–water partition coefficient (Wildman–Crippen LogP) is 2.51. The third-order valence-electron chi connectivity index (χ3n) is 2.62. The van der Waals surface area contributed by atoms with Gasteiger partial charge in [0.25, 0.3) is 0 Å². The Balaban J connectivity index is 2.22. The third-order valence-corrected chi connectivity index (χ3v) is 2.83. The minimum Gasteiger partial charge on any atom is -0.295 e. The molecule has 88 valence electrons. The molecule has 4 heteroatoms. The highest BCUT2D eigenvalue weighted by Gasteiger charge is 2.00. The Bertz CT molecular complexity index is 560. The summed E-state index contributed by atoms with van der Waals surface area (Å²) in [5.74, 6) is 0. The molecule has 0 bridgehead atoms. The van der Waals surface area contributed by atoms with Crippen LogP contribution in [-0.2, 0) is 13.0 Å². The van der Waals surface area contributed by atoms with E-state index in [2.05, 4.69) is 24.0 Å². The fraction of sp³-hybridized carbons (Fsp3) is 0.231. The largest absolute Gasteiger partial charge is 0.349 e. The lowest BCUT2D eigenvalue weighted by molar-refractivity contribution is 0.727. The molecule has 0 spiro atoms. The Morgan fingerprint density at radius 2 is 1.82 bits per heavy atom. The lowest BCUT2D eigenvalue weighted by atomic mass is 10.1. The molecule has 0 N–H and O–H groups in total. The molecule has 1 heterocycles. The maximum atomic E-state index is 11.5. The second-order valence-corrected chi connectivity index (χ2v) is 4.22. The standard InChI is InChI=1S/C13H13ClN2O/c1-2-10-3-5-11(6-4-10)9-16-8-7-12(14)15-13(16)17/h3-8H,2,9H2,1H3. The smallest absolute Gasteiger partial charge is 0.295 e. The van der Waals surface area contributed by atoms with Gasteiger partial charge in [-0.05, 0) is 23.6 Å². The Morgan fingerprint density at radius 3 is 2.41 bits per heavy atom. The Morgan fingerprint density at radius 1 is 1.18 bits per heavy atom. The van der Waals surface area contributed by atoms with Gasteiger partial charge in [0, 0.05) is 6.20 Å². The van der Waals surface area contributed by atoms with Crippen molar-refractivity contribution in [3.8, 4) is 0 Å². The van der Waals surface area contributed by atoms with E-state index >= 15 is 0 Å². The van der Waals surface area contributed by atoms with E-state index in [-0.39, 0.29) is 10.8 Å². The SMILES string of the molecule is CCc1ccc(Cn2ccc(Cl)nc2=O)cc1. The molecule has 0 saturated heterocycles. The van der Waals surface area contributed by atoms with Gasteiger partial charge >= 0.3 is 5.69 Å². The summed E-state index contributed by atoms with van der Waals surface area (Å²) < 4.78 is 1.53. The number of hydrogen-bond donors (Lipinski definition) is 0. The molecule has 2 rings (SSSR count). The summed E-state index contributed by atoms with van der Waals surface area (Å²) in [4.78, 5) is 15.2. The maximum absolute atomic E-state index is 11.5. The highest BCUT2D eigenvalue weighted by molar-refractivity contribution is 6.29. The third kappa shape index (κ3) is 2.94. The molecule has 0 amide bonds. The van der Waals surface area contributed by atoms with E-state index in [1.807, 2.05) is 12.1 Å². The Labute approximate surface area is 105 Å². The zero-order valence-electron chi connectivity index (χ0n) is 9.56. The zero-order chi connectivity index (χ0) is 12.3. The summed E-state index contributed by atoms with van der Waals surface area (Å²) in [5, 5.41) is 0.229. The minimum atomic E-state index is -0.322. The van der Waals surface area contributed by atoms with Crippen LogP contribution in [0.15, 0.2) is 41.3 Å². The minimum absolute atomic E-state index is 0.229. The van der Waals surface area contributed by atoms with Crippen LogP contribution in [0.2, 0.25) is 5.15 Å². The fourth-order valence-corrected chi connectivity index (χ4v) is 1.73. The molecule has 0 atom stereocenters. The van der Waals surface area contributed by atoms with E-state index in [4.69, 9.17) is 11.6 Å². The number of aromatic nitrogens is 2. The predicted molar refractivity (Wildman–Crippen MR) is 68.4 cm³/mol. The van der Waals surface area contributed by atoms with Gasteiger partial charge in [-0.25, -0.2) is 4.79 Å². The van der Waals surface area contributed by atoms with E-state index < -0.39 is 0 Å². The maximum Gasteiger partial charge on any atom is 0.349 e. The first-order valence-electron chi connectivity index (χ1n) is 5.50. The van der Waals surface area contributed by atoms with Crippen LogP contribution in [0.4, 0.5) is 0 Å². The lowest BCUT2D eigenvalue weighted by Crippen LogP contribution is -2.22. The lowest BCUT2D eigenvalue weighted by Gasteiger charge is -2.05. The summed E-state index contributed by atoms with van der Waals surface area (Å²) in [5.41, 5.74) is 2.04. The normalized spacial score (nSPS) is 10.5. The second kappa shape index (κ2) is 5.15. The topological polar surface area (TPSA) is 34.9 Å². The number of rotatable bonds is 3. The molecule has 0 unspecified atom stereocenters. The van der Waals surface area contributed by atoms with Gasteiger partial charge in [0.2, 0.25) is 0 Å². The van der Waals surface area contributed by atoms with Crippen molar-refractivity contribution in [3.05, 3.63) is 63.3 Å². The number of benzene rings is 1. The van der Waals surface area contributed by atoms with Gasteiger partial charge in [-0.2, -0.15) is 4.98 Å². The average molecular weight is 249 g/mol. The Kier molecular flexibility index (Phi) is 3.59. The van der Waals surface area contributed by atoms with Crippen molar-refractivity contribution in [2.24, 2.45) is 0 Å². The van der Waals surface area contributed by atoms with E-state index in [0.717, 1.165) is 12.0 Å². The van der Waals surface area contributed by atoms with Crippen LogP contribution >= 0.6 is 11.6 Å². The van der Waals surface area contributed by atoms with Crippen LogP contribution < -0.4 is 5.69 Å². The van der Waals surface area contributed by atoms with E-state index in [1.165, 1.54) is 10.1 Å². The van der Waals surface area contributed by atoms with E-state index in [0.29, 0.717) is 6.54 Å². The van der Waals surface area contributed by atoms with Crippen molar-refractivity contribution >= 4 is 11.6 Å². The van der Waals surface area contributed by atoms with Gasteiger partial charge in [-0.3, -0.25) is 4.57 Å². The molecular formula is C13H13ClN2O. The molecule has 0 aliphatic carbocycles. The van der Waals surface area contributed by atoms with Gasteiger partial charge in [0.05, 0.1) is 6.54 Å². The van der Waals surface area contributed by atoms with Gasteiger partial charge < -0.3 is 0 Å². The summed E-state index contributed by atoms with van der Waals surface area (Å²) >= 11 is 5.64. The van der Waals surface area contributed by atoms with Crippen molar-refractivity contribution in [3.63, 3.8) is 0 Å². The number of halogens is 1. The van der Waals surface area contributed by atoms with Crippen molar-refractivity contribution < 1.29 is 0 Å². The highest BCUT2D eigenvalue weighted by atomic mass is 35.5. The quantitative estimate of drug-likeness (QED) is 0.783. The van der Waals surface area contributed by atoms with Gasteiger partial charge in [-0.15, -0.1) is 0 Å². The van der Waals surface area contributed by atoms with Crippen molar-refractivity contribution in [1.29, 1.82) is 0 Å². The molecule has 0 fully saturated rings. The number of hydrogen-bond acceptors (Lipinski definition) is 2. The van der Waals surface area contributed by atoms with Crippen LogP contribution in [0.25, 0.3) is 0 Å². The first kappa shape index (κ1) is 11.9. The number of aryl methyl sites for hydroxylation is 1. The molecular weight excluding hydrogens is 236 g/mol. The molecule has 3 nitrogen and oxygen atoms in total. The molecule has 17 heavy (non-hydrogen) atoms. The molecule has 2 aromatic rings. The van der Waals surface area contributed by atoms with Crippen LogP contribution in [0.3, 0.4) is 0 Å². The summed E-state index contributed by atoms with van der Waals surface area (Å²) in [6.07, 6.45) is 2.67. The van der Waals surface area contributed by atoms with Crippen molar-refractivity contribution in [1.82, 2.24) is 9.55 Å². The zero-order valence-corrected chi connectivity index (χ0v) is 10.3. The number of nitrogens with zero attached hydrogens (tertiary/aromatic N) is 2. The molecule has 0 aliphatic heterocycles. The van der Waals surface area contributed by atoms with Gasteiger partial charge in [0.1, 0.15) is 5.15 Å². The van der Waals surface area contributed by atoms with Gasteiger partial charge in [0.15, 0.2) is 0 Å². The van der Waals surface area contributed by atoms with E-state index in [9.17, 15) is 4.79 Å².